The van der Waals surface area contributed by atoms with Gasteiger partial charge < -0.3 is 29.8 Å². The van der Waals surface area contributed by atoms with Gasteiger partial charge >= 0.3 is 7.60 Å². The van der Waals surface area contributed by atoms with Gasteiger partial charge in [-0.25, -0.2) is 0 Å². The van der Waals surface area contributed by atoms with E-state index in [0.29, 0.717) is 0 Å². The van der Waals surface area contributed by atoms with Crippen LogP contribution < -0.4 is 0 Å². The summed E-state index contributed by atoms with van der Waals surface area (Å²) >= 11 is 0. The third-order valence-corrected chi connectivity index (χ3v) is 3.48. The van der Waals surface area contributed by atoms with Gasteiger partial charge in [-0.1, -0.05) is 0 Å². The van der Waals surface area contributed by atoms with Gasteiger partial charge in [0.15, 0.2) is 0 Å². The lowest BCUT2D eigenvalue weighted by molar-refractivity contribution is -0.0241. The maximum atomic E-state index is 10.6. The van der Waals surface area contributed by atoms with Crippen LogP contribution in [0.4, 0.5) is 0 Å². The summed E-state index contributed by atoms with van der Waals surface area (Å²) in [5, 5.41) is 27.7. The summed E-state index contributed by atoms with van der Waals surface area (Å²) in [6.07, 6.45) is -3.62. The second kappa shape index (κ2) is 5.55. The Balaban J connectivity index is 2.36. The Labute approximate surface area is 92.8 Å². The third-order valence-electron chi connectivity index (χ3n) is 2.58. The number of hydrogen-bond donors (Lipinski definition) is 5. The molecular formula is C8H17O7P. The molecule has 0 aromatic carbocycles. The Morgan fingerprint density at radius 2 is 1.69 bits per heavy atom. The van der Waals surface area contributed by atoms with Crippen molar-refractivity contribution in [3.8, 4) is 0 Å². The highest BCUT2D eigenvalue weighted by Crippen LogP contribution is 2.36. The molecule has 1 aliphatic heterocycles. The van der Waals surface area contributed by atoms with Crippen LogP contribution in [0.1, 0.15) is 12.8 Å². The van der Waals surface area contributed by atoms with Crippen molar-refractivity contribution >= 4 is 7.60 Å². The summed E-state index contributed by atoms with van der Waals surface area (Å²) in [7, 11) is -4.03. The van der Waals surface area contributed by atoms with Gasteiger partial charge in [0.25, 0.3) is 0 Å². The van der Waals surface area contributed by atoms with E-state index in [-0.39, 0.29) is 19.0 Å². The fraction of sp³-hybridized carbons (Fsp3) is 1.00. The molecule has 0 aromatic rings. The van der Waals surface area contributed by atoms with Crippen LogP contribution in [0.15, 0.2) is 0 Å². The summed E-state index contributed by atoms with van der Waals surface area (Å²) in [6.45, 7) is -0.396. The summed E-state index contributed by atoms with van der Waals surface area (Å²) in [5.74, 6) is 0. The minimum Gasteiger partial charge on any atom is -0.394 e. The number of hydrogen-bond acceptors (Lipinski definition) is 5. The first-order valence-electron chi connectivity index (χ1n) is 5.02. The lowest BCUT2D eigenvalue weighted by Gasteiger charge is -2.14. The van der Waals surface area contributed by atoms with Crippen molar-refractivity contribution in [1.29, 1.82) is 0 Å². The normalized spacial score (nSPS) is 35.6. The van der Waals surface area contributed by atoms with Crippen LogP contribution in [-0.4, -0.2) is 62.3 Å². The maximum absolute atomic E-state index is 10.6. The molecule has 0 saturated carbocycles. The van der Waals surface area contributed by atoms with E-state index in [0.717, 1.165) is 0 Å². The minimum absolute atomic E-state index is 0.191. The molecule has 0 amide bonds. The van der Waals surface area contributed by atoms with E-state index < -0.39 is 38.6 Å². The molecule has 7 nitrogen and oxygen atoms in total. The van der Waals surface area contributed by atoms with Crippen LogP contribution in [0, 0.1) is 0 Å². The predicted octanol–water partition coefficient (Wildman–Crippen LogP) is -1.57. The molecule has 4 atom stereocenters. The fourth-order valence-electron chi connectivity index (χ4n) is 1.71. The van der Waals surface area contributed by atoms with E-state index in [9.17, 15) is 14.8 Å². The molecule has 0 spiro atoms. The number of ether oxygens (including phenoxy) is 1. The van der Waals surface area contributed by atoms with E-state index in [1.54, 1.807) is 0 Å². The first-order valence-corrected chi connectivity index (χ1v) is 6.82. The molecule has 96 valence electrons. The van der Waals surface area contributed by atoms with E-state index in [1.165, 1.54) is 0 Å². The highest BCUT2D eigenvalue weighted by Gasteiger charge is 2.41. The van der Waals surface area contributed by atoms with Gasteiger partial charge in [0, 0.05) is 6.16 Å². The second-order valence-electron chi connectivity index (χ2n) is 3.91. The Hall–Kier alpha value is -0.0100. The van der Waals surface area contributed by atoms with Gasteiger partial charge in [-0.2, -0.15) is 0 Å². The standard InChI is InChI=1S/C8H17O7P/c9-4-6-8(11)7(10)5(15-6)2-1-3-16(12,13)14/h5-11H,1-4H2,(H2,12,13,14)/t5-,6-,7-,8-/m1/s1. The largest absolute Gasteiger partial charge is 0.394 e. The highest BCUT2D eigenvalue weighted by atomic mass is 31.2. The zero-order chi connectivity index (χ0) is 12.3. The number of rotatable bonds is 5. The van der Waals surface area contributed by atoms with Crippen molar-refractivity contribution in [2.24, 2.45) is 0 Å². The molecule has 0 bridgehead atoms. The van der Waals surface area contributed by atoms with Gasteiger partial charge in [0.1, 0.15) is 18.3 Å². The fourth-order valence-corrected chi connectivity index (χ4v) is 2.31. The summed E-state index contributed by atoms with van der Waals surface area (Å²) in [4.78, 5) is 17.3. The van der Waals surface area contributed by atoms with Crippen molar-refractivity contribution in [3.63, 3.8) is 0 Å². The summed E-state index contributed by atoms with van der Waals surface area (Å²) in [6, 6.07) is 0. The van der Waals surface area contributed by atoms with E-state index in [1.807, 2.05) is 0 Å². The van der Waals surface area contributed by atoms with Crippen LogP contribution >= 0.6 is 7.60 Å². The summed E-state index contributed by atoms with van der Waals surface area (Å²) < 4.78 is 15.7. The molecule has 1 aliphatic rings. The van der Waals surface area contributed by atoms with Gasteiger partial charge in [-0.15, -0.1) is 0 Å². The Morgan fingerprint density at radius 1 is 1.12 bits per heavy atom. The number of aliphatic hydroxyl groups excluding tert-OH is 3. The average molecular weight is 256 g/mol. The van der Waals surface area contributed by atoms with Crippen molar-refractivity contribution in [2.75, 3.05) is 12.8 Å². The molecule has 8 heteroatoms. The zero-order valence-corrected chi connectivity index (χ0v) is 9.53. The topological polar surface area (TPSA) is 127 Å². The lowest BCUT2D eigenvalue weighted by Crippen LogP contribution is -2.33. The molecule has 0 aliphatic carbocycles. The highest BCUT2D eigenvalue weighted by molar-refractivity contribution is 7.51. The van der Waals surface area contributed by atoms with Crippen LogP contribution in [0.3, 0.4) is 0 Å². The van der Waals surface area contributed by atoms with Gasteiger partial charge in [0.2, 0.25) is 0 Å². The molecule has 1 saturated heterocycles. The van der Waals surface area contributed by atoms with Crippen LogP contribution in [0.5, 0.6) is 0 Å². The molecule has 16 heavy (non-hydrogen) atoms. The maximum Gasteiger partial charge on any atom is 0.325 e. The molecule has 1 rings (SSSR count). The predicted molar refractivity (Wildman–Crippen MR) is 53.9 cm³/mol. The molecule has 1 fully saturated rings. The quantitative estimate of drug-likeness (QED) is 0.376. The van der Waals surface area contributed by atoms with Crippen LogP contribution in [-0.2, 0) is 9.30 Å². The van der Waals surface area contributed by atoms with Crippen molar-refractivity contribution in [3.05, 3.63) is 0 Å². The SMILES string of the molecule is O=P(O)(O)CCC[C@H]1O[C@H](CO)[C@@H](O)[C@@H]1O. The van der Waals surface area contributed by atoms with Gasteiger partial charge in [0.05, 0.1) is 12.7 Å². The van der Waals surface area contributed by atoms with Gasteiger partial charge in [-0.05, 0) is 12.8 Å². The molecule has 0 aromatic heterocycles. The molecule has 1 heterocycles. The molecule has 0 radical (unpaired) electrons. The smallest absolute Gasteiger partial charge is 0.325 e. The Bertz CT molecular complexity index is 265. The second-order valence-corrected chi connectivity index (χ2v) is 5.68. The van der Waals surface area contributed by atoms with Crippen LogP contribution in [0.25, 0.3) is 0 Å². The first kappa shape index (κ1) is 14.1. The van der Waals surface area contributed by atoms with E-state index >= 15 is 0 Å². The minimum atomic E-state index is -4.03. The monoisotopic (exact) mass is 256 g/mol. The van der Waals surface area contributed by atoms with E-state index in [4.69, 9.17) is 19.6 Å². The van der Waals surface area contributed by atoms with Crippen molar-refractivity contribution in [2.45, 2.75) is 37.3 Å². The summed E-state index contributed by atoms with van der Waals surface area (Å²) in [5.41, 5.74) is 0. The average Bonchev–Trinajstić information content (AvgIpc) is 2.44. The van der Waals surface area contributed by atoms with Crippen LogP contribution in [0.2, 0.25) is 0 Å². The van der Waals surface area contributed by atoms with Crippen molar-refractivity contribution in [1.82, 2.24) is 0 Å². The zero-order valence-electron chi connectivity index (χ0n) is 8.64. The Kier molecular flexibility index (Phi) is 4.88. The molecule has 5 N–H and O–H groups in total. The third kappa shape index (κ3) is 3.78. The number of aliphatic hydroxyl groups is 3. The molecular weight excluding hydrogens is 239 g/mol. The molecule has 0 unspecified atom stereocenters. The van der Waals surface area contributed by atoms with E-state index in [2.05, 4.69) is 0 Å². The Morgan fingerprint density at radius 3 is 2.12 bits per heavy atom. The van der Waals surface area contributed by atoms with Crippen molar-refractivity contribution < 1.29 is 34.4 Å². The lowest BCUT2D eigenvalue weighted by atomic mass is 10.1. The first-order chi connectivity index (χ1) is 7.35. The van der Waals surface area contributed by atoms with Gasteiger partial charge in [-0.3, -0.25) is 4.57 Å².